The number of carbonyl (C=O) groups is 1. The number of pyridine rings is 1. The molecular weight excluding hydrogens is 390 g/mol. The minimum atomic E-state index is -0.981. The van der Waals surface area contributed by atoms with Crippen molar-refractivity contribution < 1.29 is 34.0 Å². The predicted molar refractivity (Wildman–Crippen MR) is 109 cm³/mol. The van der Waals surface area contributed by atoms with Gasteiger partial charge in [-0.3, -0.25) is 4.98 Å². The number of carbonyl (C=O) groups excluding carboxylic acids is 1. The zero-order valence-corrected chi connectivity index (χ0v) is 16.9. The van der Waals surface area contributed by atoms with E-state index in [1.807, 2.05) is 30.3 Å². The molecule has 1 aliphatic rings. The van der Waals surface area contributed by atoms with E-state index < -0.39 is 18.4 Å². The van der Waals surface area contributed by atoms with Gasteiger partial charge in [-0.2, -0.15) is 0 Å². The number of hydrogen-bond donors (Lipinski definition) is 2. The van der Waals surface area contributed by atoms with E-state index in [2.05, 4.69) is 4.98 Å². The number of aliphatic hydroxyl groups excluding tert-OH is 2. The Morgan fingerprint density at radius 3 is 2.90 bits per heavy atom. The summed E-state index contributed by atoms with van der Waals surface area (Å²) in [6, 6.07) is 9.73. The fourth-order valence-corrected chi connectivity index (χ4v) is 3.33. The average Bonchev–Trinajstić information content (AvgIpc) is 2.76. The van der Waals surface area contributed by atoms with Gasteiger partial charge in [-0.15, -0.1) is 0 Å². The van der Waals surface area contributed by atoms with Gasteiger partial charge in [-0.25, -0.2) is 4.79 Å². The standard InChI is InChI=1S/C22H29NO7/c24-14-19-12-18(13-21(25)30-19)29-15-22(26)28-10-3-1-2-9-27-17-6-7-20-16(11-17)5-4-8-23-20/h4-8,11,18-19,21,24-25H,1-3,9-10,12-15H2. The molecule has 3 rings (SSSR count). The molecule has 2 aromatic rings. The molecule has 1 fully saturated rings. The van der Waals surface area contributed by atoms with Gasteiger partial charge in [0.2, 0.25) is 0 Å². The van der Waals surface area contributed by atoms with Gasteiger partial charge < -0.3 is 29.2 Å². The van der Waals surface area contributed by atoms with Crippen LogP contribution < -0.4 is 4.74 Å². The fourth-order valence-electron chi connectivity index (χ4n) is 3.33. The Morgan fingerprint density at radius 1 is 1.17 bits per heavy atom. The minimum absolute atomic E-state index is 0.171. The average molecular weight is 419 g/mol. The molecular formula is C22H29NO7. The van der Waals surface area contributed by atoms with Gasteiger partial charge in [0.25, 0.3) is 0 Å². The van der Waals surface area contributed by atoms with Crippen LogP contribution in [0, 0.1) is 0 Å². The Bertz CT molecular complexity index is 800. The Labute approximate surface area is 175 Å². The van der Waals surface area contributed by atoms with E-state index in [1.165, 1.54) is 0 Å². The number of hydrogen-bond acceptors (Lipinski definition) is 8. The molecule has 164 valence electrons. The number of ether oxygens (including phenoxy) is 4. The van der Waals surface area contributed by atoms with Crippen molar-refractivity contribution >= 4 is 16.9 Å². The summed E-state index contributed by atoms with van der Waals surface area (Å²) in [5, 5.41) is 19.7. The molecule has 8 heteroatoms. The summed E-state index contributed by atoms with van der Waals surface area (Å²) in [6.45, 7) is 0.569. The molecule has 2 N–H and O–H groups in total. The summed E-state index contributed by atoms with van der Waals surface area (Å²) in [7, 11) is 0. The molecule has 0 aliphatic carbocycles. The topological polar surface area (TPSA) is 107 Å². The van der Waals surface area contributed by atoms with Crippen molar-refractivity contribution in [3.63, 3.8) is 0 Å². The first kappa shape index (κ1) is 22.4. The Balaban J connectivity index is 1.22. The molecule has 0 bridgehead atoms. The van der Waals surface area contributed by atoms with Crippen LogP contribution in [-0.2, 0) is 19.0 Å². The van der Waals surface area contributed by atoms with Crippen LogP contribution in [0.2, 0.25) is 0 Å². The Morgan fingerprint density at radius 2 is 2.03 bits per heavy atom. The largest absolute Gasteiger partial charge is 0.494 e. The van der Waals surface area contributed by atoms with Crippen LogP contribution >= 0.6 is 0 Å². The lowest BCUT2D eigenvalue weighted by atomic mass is 10.1. The van der Waals surface area contributed by atoms with E-state index in [0.29, 0.717) is 19.6 Å². The molecule has 3 unspecified atom stereocenters. The molecule has 8 nitrogen and oxygen atoms in total. The van der Waals surface area contributed by atoms with Gasteiger partial charge in [-0.1, -0.05) is 6.07 Å². The van der Waals surface area contributed by atoms with Crippen molar-refractivity contribution in [3.8, 4) is 5.75 Å². The number of fused-ring (bicyclic) bond motifs is 1. The second kappa shape index (κ2) is 11.8. The minimum Gasteiger partial charge on any atom is -0.494 e. The van der Waals surface area contributed by atoms with Gasteiger partial charge >= 0.3 is 5.97 Å². The van der Waals surface area contributed by atoms with Crippen molar-refractivity contribution in [2.24, 2.45) is 0 Å². The van der Waals surface area contributed by atoms with Crippen molar-refractivity contribution in [1.29, 1.82) is 0 Å². The lowest BCUT2D eigenvalue weighted by molar-refractivity contribution is -0.207. The van der Waals surface area contributed by atoms with E-state index in [1.54, 1.807) is 6.20 Å². The monoisotopic (exact) mass is 419 g/mol. The SMILES string of the molecule is O=C(COC1CC(O)OC(CO)C1)OCCCCCOc1ccc2ncccc2c1. The fraction of sp³-hybridized carbons (Fsp3) is 0.545. The molecule has 1 saturated heterocycles. The summed E-state index contributed by atoms with van der Waals surface area (Å²) in [5.74, 6) is 0.387. The van der Waals surface area contributed by atoms with Crippen LogP contribution in [-0.4, -0.2) is 66.1 Å². The third kappa shape index (κ3) is 7.21. The van der Waals surface area contributed by atoms with Gasteiger partial charge in [0.15, 0.2) is 6.29 Å². The molecule has 1 aliphatic heterocycles. The van der Waals surface area contributed by atoms with Gasteiger partial charge in [0.1, 0.15) is 12.4 Å². The van der Waals surface area contributed by atoms with Crippen molar-refractivity contribution in [2.45, 2.75) is 50.6 Å². The highest BCUT2D eigenvalue weighted by Crippen LogP contribution is 2.21. The van der Waals surface area contributed by atoms with Crippen LogP contribution in [0.5, 0.6) is 5.75 Å². The normalized spacial score (nSPS) is 21.5. The van der Waals surface area contributed by atoms with Crippen molar-refractivity contribution in [2.75, 3.05) is 26.4 Å². The molecule has 0 spiro atoms. The number of aliphatic hydroxyl groups is 2. The molecule has 2 heterocycles. The lowest BCUT2D eigenvalue weighted by Crippen LogP contribution is -2.39. The zero-order valence-electron chi connectivity index (χ0n) is 16.9. The van der Waals surface area contributed by atoms with Crippen LogP contribution in [0.1, 0.15) is 32.1 Å². The van der Waals surface area contributed by atoms with Crippen LogP contribution in [0.25, 0.3) is 10.9 Å². The second-order valence-corrected chi connectivity index (χ2v) is 7.29. The van der Waals surface area contributed by atoms with E-state index in [0.717, 1.165) is 35.9 Å². The summed E-state index contributed by atoms with van der Waals surface area (Å²) in [4.78, 5) is 16.1. The van der Waals surface area contributed by atoms with Crippen molar-refractivity contribution in [3.05, 3.63) is 36.5 Å². The molecule has 30 heavy (non-hydrogen) atoms. The molecule has 3 atom stereocenters. The van der Waals surface area contributed by atoms with Gasteiger partial charge in [0.05, 0.1) is 37.5 Å². The number of aromatic nitrogens is 1. The lowest BCUT2D eigenvalue weighted by Gasteiger charge is -2.31. The highest BCUT2D eigenvalue weighted by Gasteiger charge is 2.29. The highest BCUT2D eigenvalue weighted by molar-refractivity contribution is 5.79. The van der Waals surface area contributed by atoms with E-state index >= 15 is 0 Å². The van der Waals surface area contributed by atoms with E-state index in [9.17, 15) is 9.90 Å². The number of benzene rings is 1. The maximum absolute atomic E-state index is 11.8. The molecule has 0 amide bonds. The van der Waals surface area contributed by atoms with Crippen LogP contribution in [0.15, 0.2) is 36.5 Å². The molecule has 1 aromatic carbocycles. The predicted octanol–water partition coefficient (Wildman–Crippen LogP) is 2.20. The van der Waals surface area contributed by atoms with E-state index in [4.69, 9.17) is 24.1 Å². The third-order valence-electron chi connectivity index (χ3n) is 4.88. The zero-order chi connectivity index (χ0) is 21.2. The third-order valence-corrected chi connectivity index (χ3v) is 4.88. The molecule has 0 saturated carbocycles. The Kier molecular flexibility index (Phi) is 8.82. The summed E-state index contributed by atoms with van der Waals surface area (Å²) in [6.07, 6.45) is 3.19. The number of nitrogens with zero attached hydrogens (tertiary/aromatic N) is 1. The maximum Gasteiger partial charge on any atom is 0.332 e. The number of unbranched alkanes of at least 4 members (excludes halogenated alkanes) is 2. The van der Waals surface area contributed by atoms with Gasteiger partial charge in [0, 0.05) is 24.4 Å². The van der Waals surface area contributed by atoms with Gasteiger partial charge in [-0.05, 0) is 43.5 Å². The first-order valence-electron chi connectivity index (χ1n) is 10.3. The van der Waals surface area contributed by atoms with Crippen LogP contribution in [0.4, 0.5) is 0 Å². The first-order chi connectivity index (χ1) is 14.6. The number of rotatable bonds is 11. The summed E-state index contributed by atoms with van der Waals surface area (Å²) < 4.78 is 21.5. The van der Waals surface area contributed by atoms with Crippen LogP contribution in [0.3, 0.4) is 0 Å². The summed E-state index contributed by atoms with van der Waals surface area (Å²) >= 11 is 0. The summed E-state index contributed by atoms with van der Waals surface area (Å²) in [5.41, 5.74) is 0.942. The second-order valence-electron chi connectivity index (χ2n) is 7.29. The first-order valence-corrected chi connectivity index (χ1v) is 10.3. The van der Waals surface area contributed by atoms with E-state index in [-0.39, 0.29) is 25.7 Å². The quantitative estimate of drug-likeness (QED) is 0.422. The highest BCUT2D eigenvalue weighted by atomic mass is 16.6. The molecule has 1 aromatic heterocycles. The number of esters is 1. The maximum atomic E-state index is 11.8. The van der Waals surface area contributed by atoms with Crippen molar-refractivity contribution in [1.82, 2.24) is 4.98 Å². The Hall–Kier alpha value is -2.26. The molecule has 0 radical (unpaired) electrons. The smallest absolute Gasteiger partial charge is 0.332 e.